The van der Waals surface area contributed by atoms with E-state index in [1.807, 2.05) is 32.0 Å². The molecule has 0 aliphatic carbocycles. The van der Waals surface area contributed by atoms with Crippen molar-refractivity contribution >= 4 is 0 Å². The zero-order valence-electron chi connectivity index (χ0n) is 13.8. The van der Waals surface area contributed by atoms with Gasteiger partial charge < -0.3 is 9.63 Å². The van der Waals surface area contributed by atoms with Gasteiger partial charge in [-0.15, -0.1) is 0 Å². The number of rotatable bonds is 7. The van der Waals surface area contributed by atoms with Crippen molar-refractivity contribution in [2.24, 2.45) is 0 Å². The van der Waals surface area contributed by atoms with Gasteiger partial charge in [-0.25, -0.2) is 0 Å². The van der Waals surface area contributed by atoms with E-state index in [0.717, 1.165) is 6.54 Å². The Morgan fingerprint density at radius 1 is 1.18 bits per heavy atom. The predicted octanol–water partition coefficient (Wildman–Crippen LogP) is 2.97. The molecule has 0 aliphatic heterocycles. The minimum absolute atomic E-state index is 0.220. The molecule has 0 radical (unpaired) electrons. The van der Waals surface area contributed by atoms with Crippen LogP contribution in [-0.4, -0.2) is 32.3 Å². The third kappa shape index (κ3) is 5.24. The summed E-state index contributed by atoms with van der Waals surface area (Å²) in [5, 5.41) is 14.2. The van der Waals surface area contributed by atoms with E-state index < -0.39 is 5.60 Å². The van der Waals surface area contributed by atoms with E-state index in [-0.39, 0.29) is 5.92 Å². The van der Waals surface area contributed by atoms with E-state index in [9.17, 15) is 5.11 Å². The average molecular weight is 303 g/mol. The molecule has 5 nitrogen and oxygen atoms in total. The molecule has 0 unspecified atom stereocenters. The molecule has 1 N–H and O–H groups in total. The van der Waals surface area contributed by atoms with Gasteiger partial charge in [-0.1, -0.05) is 49.3 Å². The summed E-state index contributed by atoms with van der Waals surface area (Å²) in [5.41, 5.74) is 0.415. The maximum atomic E-state index is 10.1. The van der Waals surface area contributed by atoms with Gasteiger partial charge in [-0.05, 0) is 19.4 Å². The van der Waals surface area contributed by atoms with Gasteiger partial charge in [0.25, 0.3) is 0 Å². The van der Waals surface area contributed by atoms with Crippen LogP contribution in [0.2, 0.25) is 0 Å². The molecule has 0 atom stereocenters. The van der Waals surface area contributed by atoms with Crippen LogP contribution in [0.1, 0.15) is 50.9 Å². The lowest BCUT2D eigenvalue weighted by molar-refractivity contribution is 0.0296. The number of benzene rings is 1. The van der Waals surface area contributed by atoms with E-state index in [0.29, 0.717) is 24.8 Å². The van der Waals surface area contributed by atoms with Gasteiger partial charge in [0.15, 0.2) is 5.82 Å². The summed E-state index contributed by atoms with van der Waals surface area (Å²) in [6.45, 7) is 9.48. The normalized spacial score (nSPS) is 12.3. The van der Waals surface area contributed by atoms with Gasteiger partial charge in [0.05, 0.1) is 12.1 Å². The smallest absolute Gasteiger partial charge is 0.229 e. The van der Waals surface area contributed by atoms with Gasteiger partial charge in [-0.3, -0.25) is 4.90 Å². The third-order valence-corrected chi connectivity index (χ3v) is 3.20. The number of aromatic nitrogens is 2. The second-order valence-electron chi connectivity index (χ2n) is 6.65. The number of aliphatic hydroxyl groups is 1. The second kappa shape index (κ2) is 7.03. The number of hydrogen-bond acceptors (Lipinski definition) is 5. The molecule has 2 rings (SSSR count). The monoisotopic (exact) mass is 303 g/mol. The molecule has 5 heteroatoms. The maximum absolute atomic E-state index is 10.1. The van der Waals surface area contributed by atoms with Crippen molar-refractivity contribution in [2.75, 3.05) is 6.54 Å². The fraction of sp³-hybridized carbons (Fsp3) is 0.529. The van der Waals surface area contributed by atoms with Crippen LogP contribution in [0.5, 0.6) is 0 Å². The van der Waals surface area contributed by atoms with Gasteiger partial charge in [0.1, 0.15) is 0 Å². The standard InChI is InChI=1S/C17H25N3O2/c1-13(2)16-18-15(19-22-16)11-20(12-17(3,4)21)10-14-8-6-5-7-9-14/h5-9,13,21H,10-12H2,1-4H3. The first kappa shape index (κ1) is 16.6. The van der Waals surface area contributed by atoms with E-state index >= 15 is 0 Å². The molecule has 1 aromatic heterocycles. The zero-order valence-corrected chi connectivity index (χ0v) is 13.8. The lowest BCUT2D eigenvalue weighted by Gasteiger charge is -2.28. The Labute approximate surface area is 132 Å². The Bertz CT molecular complexity index is 573. The molecule has 120 valence electrons. The first-order valence-electron chi connectivity index (χ1n) is 7.64. The summed E-state index contributed by atoms with van der Waals surface area (Å²) in [7, 11) is 0. The fourth-order valence-electron chi connectivity index (χ4n) is 2.32. The van der Waals surface area contributed by atoms with Crippen LogP contribution >= 0.6 is 0 Å². The summed E-state index contributed by atoms with van der Waals surface area (Å²) in [4.78, 5) is 6.55. The van der Waals surface area contributed by atoms with Crippen LogP contribution in [-0.2, 0) is 13.1 Å². The fourth-order valence-corrected chi connectivity index (χ4v) is 2.32. The van der Waals surface area contributed by atoms with E-state index in [1.165, 1.54) is 5.56 Å². The summed E-state index contributed by atoms with van der Waals surface area (Å²) >= 11 is 0. The minimum Gasteiger partial charge on any atom is -0.389 e. The molecule has 2 aromatic rings. The molecule has 0 saturated heterocycles. The highest BCUT2D eigenvalue weighted by Crippen LogP contribution is 2.15. The van der Waals surface area contributed by atoms with Crippen molar-refractivity contribution in [1.29, 1.82) is 0 Å². The van der Waals surface area contributed by atoms with Crippen LogP contribution < -0.4 is 0 Å². The SMILES string of the molecule is CC(C)c1nc(CN(Cc2ccccc2)CC(C)(C)O)no1. The molecule has 22 heavy (non-hydrogen) atoms. The summed E-state index contributed by atoms with van der Waals surface area (Å²) in [6.07, 6.45) is 0. The van der Waals surface area contributed by atoms with Crippen LogP contribution in [0.4, 0.5) is 0 Å². The molecule has 1 heterocycles. The summed E-state index contributed by atoms with van der Waals surface area (Å²) in [5.74, 6) is 1.53. The summed E-state index contributed by atoms with van der Waals surface area (Å²) < 4.78 is 5.26. The molecular weight excluding hydrogens is 278 g/mol. The molecule has 0 aliphatic rings. The summed E-state index contributed by atoms with van der Waals surface area (Å²) in [6, 6.07) is 10.2. The Morgan fingerprint density at radius 2 is 1.86 bits per heavy atom. The maximum Gasteiger partial charge on any atom is 0.229 e. The van der Waals surface area contributed by atoms with Crippen LogP contribution in [0.15, 0.2) is 34.9 Å². The average Bonchev–Trinajstić information content (AvgIpc) is 2.86. The lowest BCUT2D eigenvalue weighted by atomic mass is 10.1. The highest BCUT2D eigenvalue weighted by atomic mass is 16.5. The quantitative estimate of drug-likeness (QED) is 0.852. The third-order valence-electron chi connectivity index (χ3n) is 3.20. The highest BCUT2D eigenvalue weighted by Gasteiger charge is 2.21. The van der Waals surface area contributed by atoms with Crippen molar-refractivity contribution in [3.8, 4) is 0 Å². The van der Waals surface area contributed by atoms with Crippen LogP contribution in [0.3, 0.4) is 0 Å². The van der Waals surface area contributed by atoms with Crippen LogP contribution in [0, 0.1) is 0 Å². The molecule has 0 spiro atoms. The highest BCUT2D eigenvalue weighted by molar-refractivity contribution is 5.14. The van der Waals surface area contributed by atoms with Crippen molar-refractivity contribution in [3.63, 3.8) is 0 Å². The lowest BCUT2D eigenvalue weighted by Crippen LogP contribution is -2.38. The molecular formula is C17H25N3O2. The van der Waals surface area contributed by atoms with Gasteiger partial charge in [0, 0.05) is 19.0 Å². The zero-order chi connectivity index (χ0) is 16.2. The van der Waals surface area contributed by atoms with E-state index in [4.69, 9.17) is 4.52 Å². The van der Waals surface area contributed by atoms with E-state index in [2.05, 4.69) is 27.2 Å². The van der Waals surface area contributed by atoms with Crippen molar-refractivity contribution in [3.05, 3.63) is 47.6 Å². The number of hydrogen-bond donors (Lipinski definition) is 1. The molecule has 1 aromatic carbocycles. The van der Waals surface area contributed by atoms with Crippen molar-refractivity contribution < 1.29 is 9.63 Å². The van der Waals surface area contributed by atoms with Crippen LogP contribution in [0.25, 0.3) is 0 Å². The first-order chi connectivity index (χ1) is 10.3. The van der Waals surface area contributed by atoms with Crippen molar-refractivity contribution in [2.45, 2.75) is 52.3 Å². The first-order valence-corrected chi connectivity index (χ1v) is 7.64. The molecule has 0 fully saturated rings. The van der Waals surface area contributed by atoms with Crippen molar-refractivity contribution in [1.82, 2.24) is 15.0 Å². The molecule has 0 saturated carbocycles. The Hall–Kier alpha value is -1.72. The van der Waals surface area contributed by atoms with E-state index in [1.54, 1.807) is 13.8 Å². The predicted molar refractivity (Wildman–Crippen MR) is 85.2 cm³/mol. The minimum atomic E-state index is -0.778. The van der Waals surface area contributed by atoms with Gasteiger partial charge in [0.2, 0.25) is 5.89 Å². The molecule has 0 amide bonds. The Morgan fingerprint density at radius 3 is 2.41 bits per heavy atom. The Kier molecular flexibility index (Phi) is 5.32. The van der Waals surface area contributed by atoms with Gasteiger partial charge >= 0.3 is 0 Å². The second-order valence-corrected chi connectivity index (χ2v) is 6.65. The van der Waals surface area contributed by atoms with Gasteiger partial charge in [-0.2, -0.15) is 4.98 Å². The number of nitrogens with zero attached hydrogens (tertiary/aromatic N) is 3. The Balaban J connectivity index is 2.09. The largest absolute Gasteiger partial charge is 0.389 e. The molecule has 0 bridgehead atoms. The topological polar surface area (TPSA) is 62.4 Å².